The lowest BCUT2D eigenvalue weighted by molar-refractivity contribution is -0.119. The number of hydrogen-bond donors (Lipinski definition) is 3. The Kier molecular flexibility index (Phi) is 3.82. The molecule has 1 aromatic heterocycles. The van der Waals surface area contributed by atoms with E-state index in [0.29, 0.717) is 6.54 Å². The van der Waals surface area contributed by atoms with Crippen molar-refractivity contribution in [1.82, 2.24) is 14.6 Å². The lowest BCUT2D eigenvalue weighted by atomic mass is 10.3. The fourth-order valence-electron chi connectivity index (χ4n) is 2.05. The molecule has 1 aliphatic rings. The summed E-state index contributed by atoms with van der Waals surface area (Å²) in [6, 6.07) is 0.601. The topological polar surface area (TPSA) is 118 Å². The SMILES string of the molecule is CCn1cc(S(=O)(=O)NC2CNC(=O)C2)cc1C(=O)O. The molecule has 1 unspecified atom stereocenters. The second-order valence-electron chi connectivity index (χ2n) is 4.48. The van der Waals surface area contributed by atoms with Crippen LogP contribution in [0.5, 0.6) is 0 Å². The number of sulfonamides is 1. The number of carbonyl (C=O) groups excluding carboxylic acids is 1. The van der Waals surface area contributed by atoms with Crippen molar-refractivity contribution in [3.63, 3.8) is 0 Å². The van der Waals surface area contributed by atoms with Crippen LogP contribution >= 0.6 is 0 Å². The van der Waals surface area contributed by atoms with Crippen molar-refractivity contribution in [2.24, 2.45) is 0 Å². The second kappa shape index (κ2) is 5.25. The number of aromatic carboxylic acids is 1. The number of aryl methyl sites for hydroxylation is 1. The lowest BCUT2D eigenvalue weighted by Crippen LogP contribution is -2.36. The van der Waals surface area contributed by atoms with E-state index >= 15 is 0 Å². The summed E-state index contributed by atoms with van der Waals surface area (Å²) < 4.78 is 28.0. The molecule has 2 heterocycles. The zero-order valence-corrected chi connectivity index (χ0v) is 11.6. The van der Waals surface area contributed by atoms with Crippen LogP contribution in [-0.2, 0) is 21.4 Å². The highest BCUT2D eigenvalue weighted by molar-refractivity contribution is 7.89. The van der Waals surface area contributed by atoms with E-state index in [2.05, 4.69) is 10.0 Å². The Morgan fingerprint density at radius 3 is 2.75 bits per heavy atom. The first kappa shape index (κ1) is 14.5. The van der Waals surface area contributed by atoms with Gasteiger partial charge >= 0.3 is 5.97 Å². The highest BCUT2D eigenvalue weighted by Gasteiger charge is 2.28. The van der Waals surface area contributed by atoms with Crippen molar-refractivity contribution in [1.29, 1.82) is 0 Å². The highest BCUT2D eigenvalue weighted by atomic mass is 32.2. The van der Waals surface area contributed by atoms with E-state index in [1.165, 1.54) is 10.8 Å². The van der Waals surface area contributed by atoms with E-state index in [1.807, 2.05) is 0 Å². The first-order valence-corrected chi connectivity index (χ1v) is 7.54. The summed E-state index contributed by atoms with van der Waals surface area (Å²) in [5.41, 5.74) is -0.0894. The fourth-order valence-corrected chi connectivity index (χ4v) is 3.32. The number of nitrogens with one attached hydrogen (secondary N) is 2. The zero-order chi connectivity index (χ0) is 14.9. The number of carboxylic acids is 1. The Bertz CT molecular complexity index is 649. The number of amides is 1. The van der Waals surface area contributed by atoms with Gasteiger partial charge in [-0.2, -0.15) is 0 Å². The van der Waals surface area contributed by atoms with E-state index in [1.54, 1.807) is 6.92 Å². The van der Waals surface area contributed by atoms with Crippen LogP contribution in [0, 0.1) is 0 Å². The van der Waals surface area contributed by atoms with Crippen LogP contribution in [0.4, 0.5) is 0 Å². The average molecular weight is 301 g/mol. The van der Waals surface area contributed by atoms with Gasteiger partial charge in [0.25, 0.3) is 0 Å². The Hall–Kier alpha value is -1.87. The van der Waals surface area contributed by atoms with Gasteiger partial charge in [-0.1, -0.05) is 0 Å². The van der Waals surface area contributed by atoms with Crippen LogP contribution in [0.3, 0.4) is 0 Å². The van der Waals surface area contributed by atoms with E-state index in [4.69, 9.17) is 5.11 Å². The maximum Gasteiger partial charge on any atom is 0.352 e. The fraction of sp³-hybridized carbons (Fsp3) is 0.455. The average Bonchev–Trinajstić information content (AvgIpc) is 2.95. The molecule has 0 bridgehead atoms. The molecule has 1 aromatic rings. The van der Waals surface area contributed by atoms with Crippen LogP contribution in [0.15, 0.2) is 17.2 Å². The van der Waals surface area contributed by atoms with Gasteiger partial charge in [-0.25, -0.2) is 17.9 Å². The molecule has 8 nitrogen and oxygen atoms in total. The predicted molar refractivity (Wildman–Crippen MR) is 68.8 cm³/mol. The molecule has 0 saturated carbocycles. The Morgan fingerprint density at radius 1 is 1.60 bits per heavy atom. The first-order valence-electron chi connectivity index (χ1n) is 6.06. The van der Waals surface area contributed by atoms with E-state index in [0.717, 1.165) is 6.07 Å². The van der Waals surface area contributed by atoms with Crippen LogP contribution in [0.2, 0.25) is 0 Å². The van der Waals surface area contributed by atoms with Gasteiger partial charge < -0.3 is 15.0 Å². The largest absolute Gasteiger partial charge is 0.477 e. The second-order valence-corrected chi connectivity index (χ2v) is 6.19. The van der Waals surface area contributed by atoms with Gasteiger partial charge in [0.05, 0.1) is 0 Å². The Morgan fingerprint density at radius 2 is 2.30 bits per heavy atom. The molecular formula is C11H15N3O5S. The smallest absolute Gasteiger partial charge is 0.352 e. The van der Waals surface area contributed by atoms with Crippen molar-refractivity contribution in [3.8, 4) is 0 Å². The van der Waals surface area contributed by atoms with Gasteiger partial charge in [-0.15, -0.1) is 0 Å². The third kappa shape index (κ3) is 2.83. The molecule has 110 valence electrons. The molecule has 1 amide bonds. The third-order valence-electron chi connectivity index (χ3n) is 3.04. The molecule has 0 aliphatic carbocycles. The van der Waals surface area contributed by atoms with Crippen molar-refractivity contribution in [2.75, 3.05) is 6.54 Å². The van der Waals surface area contributed by atoms with E-state index in [9.17, 15) is 18.0 Å². The monoisotopic (exact) mass is 301 g/mol. The molecule has 1 atom stereocenters. The van der Waals surface area contributed by atoms with Gasteiger partial charge in [0.15, 0.2) is 0 Å². The van der Waals surface area contributed by atoms with Crippen LogP contribution in [0.1, 0.15) is 23.8 Å². The van der Waals surface area contributed by atoms with Crippen molar-refractivity contribution < 1.29 is 23.1 Å². The lowest BCUT2D eigenvalue weighted by Gasteiger charge is -2.09. The minimum Gasteiger partial charge on any atom is -0.477 e. The first-order chi connectivity index (χ1) is 9.33. The zero-order valence-electron chi connectivity index (χ0n) is 10.8. The molecule has 0 aromatic carbocycles. The highest BCUT2D eigenvalue weighted by Crippen LogP contribution is 2.16. The molecule has 0 radical (unpaired) electrons. The number of carboxylic acid groups (broad SMARTS) is 1. The van der Waals surface area contributed by atoms with Crippen LogP contribution in [0.25, 0.3) is 0 Å². The molecule has 0 spiro atoms. The number of aromatic nitrogens is 1. The van der Waals surface area contributed by atoms with Crippen molar-refractivity contribution in [2.45, 2.75) is 30.8 Å². The van der Waals surface area contributed by atoms with Gasteiger partial charge in [0.2, 0.25) is 15.9 Å². The molecule has 1 aliphatic heterocycles. The van der Waals surface area contributed by atoms with Gasteiger partial charge in [0.1, 0.15) is 10.6 Å². The van der Waals surface area contributed by atoms with Crippen molar-refractivity contribution >= 4 is 21.9 Å². The maximum absolute atomic E-state index is 12.1. The number of rotatable bonds is 5. The number of carbonyl (C=O) groups is 2. The summed E-state index contributed by atoms with van der Waals surface area (Å²) in [5, 5.41) is 11.5. The Labute approximate surface area is 115 Å². The normalized spacial score (nSPS) is 19.1. The van der Waals surface area contributed by atoms with E-state index < -0.39 is 22.0 Å². The van der Waals surface area contributed by atoms with Gasteiger partial charge in [-0.05, 0) is 13.0 Å². The summed E-state index contributed by atoms with van der Waals surface area (Å²) in [7, 11) is -3.84. The minimum atomic E-state index is -3.84. The molecule has 1 fully saturated rings. The molecule has 20 heavy (non-hydrogen) atoms. The van der Waals surface area contributed by atoms with Crippen LogP contribution < -0.4 is 10.0 Å². The molecule has 1 saturated heterocycles. The summed E-state index contributed by atoms with van der Waals surface area (Å²) in [6.07, 6.45) is 1.36. The van der Waals surface area contributed by atoms with Gasteiger partial charge in [0, 0.05) is 31.7 Å². The quantitative estimate of drug-likeness (QED) is 0.669. The standard InChI is InChI=1S/C11H15N3O5S/c1-2-14-6-8(4-9(14)11(16)17)20(18,19)13-7-3-10(15)12-5-7/h4,6-7,13H,2-3,5H2,1H3,(H,12,15)(H,16,17). The van der Waals surface area contributed by atoms with Gasteiger partial charge in [-0.3, -0.25) is 4.79 Å². The summed E-state index contributed by atoms with van der Waals surface area (Å²) >= 11 is 0. The summed E-state index contributed by atoms with van der Waals surface area (Å²) in [5.74, 6) is -1.40. The number of hydrogen-bond acceptors (Lipinski definition) is 4. The van der Waals surface area contributed by atoms with Crippen molar-refractivity contribution in [3.05, 3.63) is 18.0 Å². The summed E-state index contributed by atoms with van der Waals surface area (Å²) in [4.78, 5) is 21.9. The maximum atomic E-state index is 12.1. The van der Waals surface area contributed by atoms with Crippen LogP contribution in [-0.4, -0.2) is 42.6 Å². The molecule has 9 heteroatoms. The summed E-state index contributed by atoms with van der Waals surface area (Å²) in [6.45, 7) is 2.30. The third-order valence-corrected chi connectivity index (χ3v) is 4.53. The predicted octanol–water partition coefficient (Wildman–Crippen LogP) is -0.627. The number of nitrogens with zero attached hydrogens (tertiary/aromatic N) is 1. The molecule has 3 N–H and O–H groups in total. The minimum absolute atomic E-state index is 0.0828. The Balaban J connectivity index is 2.25. The molecular weight excluding hydrogens is 286 g/mol. The molecule has 2 rings (SSSR count). The van der Waals surface area contributed by atoms with E-state index in [-0.39, 0.29) is 29.5 Å².